The highest BCUT2D eigenvalue weighted by Crippen LogP contribution is 2.26. The van der Waals surface area contributed by atoms with Crippen LogP contribution in [0, 0.1) is 5.92 Å². The number of carbonyl (C=O) groups is 1. The first-order chi connectivity index (χ1) is 12.4. The van der Waals surface area contributed by atoms with E-state index < -0.39 is 16.1 Å². The van der Waals surface area contributed by atoms with E-state index in [1.165, 1.54) is 23.6 Å². The number of sulfonamides is 1. The molecule has 0 aromatic carbocycles. The van der Waals surface area contributed by atoms with Gasteiger partial charge in [-0.15, -0.1) is 0 Å². The lowest BCUT2D eigenvalue weighted by atomic mass is 9.89. The van der Waals surface area contributed by atoms with Crippen molar-refractivity contribution in [3.05, 3.63) is 24.5 Å². The molecule has 2 heterocycles. The van der Waals surface area contributed by atoms with Crippen molar-refractivity contribution in [3.63, 3.8) is 0 Å². The van der Waals surface area contributed by atoms with Gasteiger partial charge in [0.15, 0.2) is 0 Å². The summed E-state index contributed by atoms with van der Waals surface area (Å²) in [7, 11) is -3.49. The van der Waals surface area contributed by atoms with Crippen LogP contribution in [0.1, 0.15) is 38.5 Å². The van der Waals surface area contributed by atoms with Gasteiger partial charge >= 0.3 is 0 Å². The molecule has 1 saturated heterocycles. The highest BCUT2D eigenvalue weighted by molar-refractivity contribution is 7.88. The van der Waals surface area contributed by atoms with E-state index in [0.29, 0.717) is 24.6 Å². The Balaban J connectivity index is 1.62. The molecule has 2 atom stereocenters. The van der Waals surface area contributed by atoms with Gasteiger partial charge in [0.25, 0.3) is 0 Å². The average Bonchev–Trinajstić information content (AvgIpc) is 3.06. The van der Waals surface area contributed by atoms with Gasteiger partial charge in [0.05, 0.1) is 19.0 Å². The minimum atomic E-state index is -3.49. The van der Waals surface area contributed by atoms with Crippen LogP contribution in [0.5, 0.6) is 5.75 Å². The molecule has 0 radical (unpaired) electrons. The highest BCUT2D eigenvalue weighted by atomic mass is 32.2. The van der Waals surface area contributed by atoms with Crippen LogP contribution in [0.4, 0.5) is 0 Å². The van der Waals surface area contributed by atoms with Gasteiger partial charge in [-0.3, -0.25) is 9.78 Å². The molecule has 3 rings (SSSR count). The molecule has 1 amide bonds. The maximum Gasteiger partial charge on any atom is 0.238 e. The number of nitrogens with one attached hydrogen (secondary N) is 1. The summed E-state index contributed by atoms with van der Waals surface area (Å²) in [6.45, 7) is 0.802. The second-order valence-electron chi connectivity index (χ2n) is 7.26. The van der Waals surface area contributed by atoms with Crippen molar-refractivity contribution in [1.29, 1.82) is 0 Å². The summed E-state index contributed by atoms with van der Waals surface area (Å²) >= 11 is 0. The van der Waals surface area contributed by atoms with Crippen LogP contribution in [-0.4, -0.2) is 55.1 Å². The second-order valence-corrected chi connectivity index (χ2v) is 9.20. The zero-order valence-electron chi connectivity index (χ0n) is 15.1. The highest BCUT2D eigenvalue weighted by Gasteiger charge is 2.42. The van der Waals surface area contributed by atoms with Crippen LogP contribution in [0.15, 0.2) is 24.5 Å². The molecule has 1 saturated carbocycles. The zero-order chi connectivity index (χ0) is 18.6. The van der Waals surface area contributed by atoms with E-state index in [-0.39, 0.29) is 18.6 Å². The van der Waals surface area contributed by atoms with Gasteiger partial charge in [-0.05, 0) is 30.9 Å². The maximum absolute atomic E-state index is 12.7. The van der Waals surface area contributed by atoms with Crippen LogP contribution >= 0.6 is 0 Å². The lowest BCUT2D eigenvalue weighted by molar-refractivity contribution is -0.124. The Kier molecular flexibility index (Phi) is 6.13. The Bertz CT molecular complexity index is 704. The lowest BCUT2D eigenvalue weighted by Gasteiger charge is -2.24. The standard InChI is InChI=1S/C18H27N3O4S/c1-26(23,24)21-13-16(25-15-8-5-9-19-12-15)10-17(21)18(22)20-11-14-6-3-2-4-7-14/h5,8-9,12,14,16-17H,2-4,6-7,10-11,13H2,1H3,(H,20,22)/t16-,17-/m0/s1. The van der Waals surface area contributed by atoms with Crippen LogP contribution in [-0.2, 0) is 14.8 Å². The van der Waals surface area contributed by atoms with Crippen LogP contribution in [0.2, 0.25) is 0 Å². The SMILES string of the molecule is CS(=O)(=O)N1C[C@@H](Oc2cccnc2)C[C@H]1C(=O)NCC1CCCCC1. The molecule has 1 aromatic rings. The number of hydrogen-bond donors (Lipinski definition) is 1. The molecule has 2 fully saturated rings. The van der Waals surface area contributed by atoms with E-state index in [0.717, 1.165) is 19.1 Å². The van der Waals surface area contributed by atoms with Crippen LogP contribution in [0.3, 0.4) is 0 Å². The zero-order valence-corrected chi connectivity index (χ0v) is 16.0. The number of pyridine rings is 1. The first-order valence-corrected chi connectivity index (χ1v) is 11.1. The summed E-state index contributed by atoms with van der Waals surface area (Å²) in [5.74, 6) is 0.857. The molecule has 8 heteroatoms. The van der Waals surface area contributed by atoms with Gasteiger partial charge in [-0.1, -0.05) is 19.3 Å². The van der Waals surface area contributed by atoms with Crippen molar-refractivity contribution in [2.24, 2.45) is 5.92 Å². The summed E-state index contributed by atoms with van der Waals surface area (Å²) < 4.78 is 31.3. The lowest BCUT2D eigenvalue weighted by Crippen LogP contribution is -2.46. The summed E-state index contributed by atoms with van der Waals surface area (Å²) in [6.07, 6.45) is 10.3. The van der Waals surface area contributed by atoms with Gasteiger partial charge in [-0.2, -0.15) is 4.31 Å². The summed E-state index contributed by atoms with van der Waals surface area (Å²) in [6, 6.07) is 2.82. The number of carbonyl (C=O) groups excluding carboxylic acids is 1. The third kappa shape index (κ3) is 4.94. The summed E-state index contributed by atoms with van der Waals surface area (Å²) in [5, 5.41) is 2.97. The van der Waals surface area contributed by atoms with Crippen LogP contribution < -0.4 is 10.1 Å². The predicted octanol–water partition coefficient (Wildman–Crippen LogP) is 1.56. The quantitative estimate of drug-likeness (QED) is 0.808. The van der Waals surface area contributed by atoms with Gasteiger partial charge in [0.2, 0.25) is 15.9 Å². The molecule has 2 aliphatic rings. The Hall–Kier alpha value is -1.67. The molecule has 0 bridgehead atoms. The van der Waals surface area contributed by atoms with E-state index in [2.05, 4.69) is 10.3 Å². The van der Waals surface area contributed by atoms with E-state index in [1.807, 2.05) is 0 Å². The van der Waals surface area contributed by atoms with E-state index >= 15 is 0 Å². The topological polar surface area (TPSA) is 88.6 Å². The maximum atomic E-state index is 12.7. The van der Waals surface area contributed by atoms with Gasteiger partial charge in [0.1, 0.15) is 17.9 Å². The number of ether oxygens (including phenoxy) is 1. The Morgan fingerprint density at radius 1 is 1.35 bits per heavy atom. The van der Waals surface area contributed by atoms with Gasteiger partial charge < -0.3 is 10.1 Å². The minimum absolute atomic E-state index is 0.176. The fourth-order valence-electron chi connectivity index (χ4n) is 3.82. The second kappa shape index (κ2) is 8.35. The molecular formula is C18H27N3O4S. The fraction of sp³-hybridized carbons (Fsp3) is 0.667. The predicted molar refractivity (Wildman–Crippen MR) is 98.2 cm³/mol. The molecular weight excluding hydrogens is 354 g/mol. The molecule has 144 valence electrons. The van der Waals surface area contributed by atoms with Crippen molar-refractivity contribution < 1.29 is 17.9 Å². The fourth-order valence-corrected chi connectivity index (χ4v) is 4.90. The van der Waals surface area contributed by atoms with Gasteiger partial charge in [-0.25, -0.2) is 8.42 Å². The van der Waals surface area contributed by atoms with Crippen molar-refractivity contribution in [1.82, 2.24) is 14.6 Å². The van der Waals surface area contributed by atoms with E-state index in [9.17, 15) is 13.2 Å². The van der Waals surface area contributed by atoms with E-state index in [4.69, 9.17) is 4.74 Å². The smallest absolute Gasteiger partial charge is 0.238 e. The molecule has 1 aliphatic heterocycles. The number of aromatic nitrogens is 1. The third-order valence-electron chi connectivity index (χ3n) is 5.17. The van der Waals surface area contributed by atoms with Crippen LogP contribution in [0.25, 0.3) is 0 Å². The van der Waals surface area contributed by atoms with E-state index in [1.54, 1.807) is 24.5 Å². The van der Waals surface area contributed by atoms with Crippen molar-refractivity contribution in [2.75, 3.05) is 19.3 Å². The van der Waals surface area contributed by atoms with Gasteiger partial charge in [0, 0.05) is 19.2 Å². The summed E-state index contributed by atoms with van der Waals surface area (Å²) in [4.78, 5) is 16.7. The molecule has 1 aliphatic carbocycles. The number of amides is 1. The minimum Gasteiger partial charge on any atom is -0.487 e. The molecule has 7 nitrogen and oxygen atoms in total. The molecule has 26 heavy (non-hydrogen) atoms. The monoisotopic (exact) mass is 381 g/mol. The number of nitrogens with zero attached hydrogens (tertiary/aromatic N) is 2. The Morgan fingerprint density at radius 2 is 2.12 bits per heavy atom. The molecule has 1 N–H and O–H groups in total. The molecule has 0 spiro atoms. The third-order valence-corrected chi connectivity index (χ3v) is 6.43. The first kappa shape index (κ1) is 19.1. The average molecular weight is 381 g/mol. The Labute approximate surface area is 155 Å². The molecule has 0 unspecified atom stereocenters. The normalized spacial score (nSPS) is 25.1. The largest absolute Gasteiger partial charge is 0.487 e. The first-order valence-electron chi connectivity index (χ1n) is 9.24. The number of rotatable bonds is 6. The Morgan fingerprint density at radius 3 is 2.77 bits per heavy atom. The van der Waals surface area contributed by atoms with Crippen molar-refractivity contribution >= 4 is 15.9 Å². The van der Waals surface area contributed by atoms with Crippen molar-refractivity contribution in [2.45, 2.75) is 50.7 Å². The number of hydrogen-bond acceptors (Lipinski definition) is 5. The molecule has 1 aromatic heterocycles. The summed E-state index contributed by atoms with van der Waals surface area (Å²) in [5.41, 5.74) is 0. The van der Waals surface area contributed by atoms with Crippen molar-refractivity contribution in [3.8, 4) is 5.75 Å².